The Hall–Kier alpha value is -1.35. The van der Waals surface area contributed by atoms with Gasteiger partial charge in [0.25, 0.3) is 0 Å². The van der Waals surface area contributed by atoms with Crippen molar-refractivity contribution >= 4 is 5.97 Å². The first-order valence-corrected chi connectivity index (χ1v) is 7.72. The average Bonchev–Trinajstić information content (AvgIpc) is 3.30. The zero-order valence-electron chi connectivity index (χ0n) is 11.9. The van der Waals surface area contributed by atoms with E-state index in [-0.39, 0.29) is 0 Å². The molecule has 3 heteroatoms. The monoisotopic (exact) mass is 273 g/mol. The van der Waals surface area contributed by atoms with Gasteiger partial charge in [-0.05, 0) is 50.4 Å². The molecule has 1 N–H and O–H groups in total. The zero-order chi connectivity index (χ0) is 14.0. The van der Waals surface area contributed by atoms with Crippen LogP contribution in [0.3, 0.4) is 0 Å². The molecule has 0 radical (unpaired) electrons. The normalized spacial score (nSPS) is 22.6. The van der Waals surface area contributed by atoms with Crippen LogP contribution in [0.4, 0.5) is 0 Å². The van der Waals surface area contributed by atoms with Crippen molar-refractivity contribution in [3.63, 3.8) is 0 Å². The lowest BCUT2D eigenvalue weighted by Gasteiger charge is -2.39. The van der Waals surface area contributed by atoms with Crippen molar-refractivity contribution in [2.45, 2.75) is 37.5 Å². The Morgan fingerprint density at radius 1 is 1.20 bits per heavy atom. The van der Waals surface area contributed by atoms with Gasteiger partial charge in [0, 0.05) is 0 Å². The minimum Gasteiger partial charge on any atom is -0.481 e. The number of hydrogen-bond acceptors (Lipinski definition) is 2. The van der Waals surface area contributed by atoms with Gasteiger partial charge in [0.1, 0.15) is 0 Å². The highest BCUT2D eigenvalue weighted by molar-refractivity contribution is 5.81. The van der Waals surface area contributed by atoms with Crippen LogP contribution in [0.25, 0.3) is 0 Å². The minimum absolute atomic E-state index is 0.662. The lowest BCUT2D eigenvalue weighted by Crippen LogP contribution is -2.47. The van der Waals surface area contributed by atoms with Crippen LogP contribution in [0.5, 0.6) is 0 Å². The number of carboxylic acid groups (broad SMARTS) is 1. The molecule has 3 rings (SSSR count). The zero-order valence-corrected chi connectivity index (χ0v) is 11.9. The number of nitrogens with zero attached hydrogens (tertiary/aromatic N) is 1. The third-order valence-electron chi connectivity index (χ3n) is 5.00. The van der Waals surface area contributed by atoms with Gasteiger partial charge in [-0.1, -0.05) is 43.2 Å². The molecule has 1 aliphatic heterocycles. The van der Waals surface area contributed by atoms with Crippen LogP contribution < -0.4 is 0 Å². The summed E-state index contributed by atoms with van der Waals surface area (Å²) in [6.07, 6.45) is 5.56. The van der Waals surface area contributed by atoms with Crippen molar-refractivity contribution in [1.82, 2.24) is 4.90 Å². The molecule has 108 valence electrons. The van der Waals surface area contributed by atoms with E-state index in [9.17, 15) is 9.90 Å². The van der Waals surface area contributed by atoms with Crippen LogP contribution >= 0.6 is 0 Å². The van der Waals surface area contributed by atoms with E-state index in [0.717, 1.165) is 44.0 Å². The maximum Gasteiger partial charge on any atom is 0.314 e. The summed E-state index contributed by atoms with van der Waals surface area (Å²) in [6, 6.07) is 9.77. The van der Waals surface area contributed by atoms with Gasteiger partial charge in [-0.25, -0.2) is 0 Å². The van der Waals surface area contributed by atoms with E-state index in [4.69, 9.17) is 0 Å². The van der Waals surface area contributed by atoms with Crippen molar-refractivity contribution in [3.05, 3.63) is 35.9 Å². The molecular formula is C17H23NO2. The van der Waals surface area contributed by atoms with E-state index in [1.54, 1.807) is 0 Å². The summed E-state index contributed by atoms with van der Waals surface area (Å²) in [7, 11) is 0. The van der Waals surface area contributed by atoms with Crippen molar-refractivity contribution in [3.8, 4) is 0 Å². The first-order valence-electron chi connectivity index (χ1n) is 7.72. The number of rotatable bonds is 5. The Labute approximate surface area is 120 Å². The van der Waals surface area contributed by atoms with E-state index in [1.165, 1.54) is 19.3 Å². The number of carbonyl (C=O) groups is 1. The standard InChI is InChI=1S/C17H23NO2/c19-16(20)17(15-4-2-1-3-5-15)9-12-18(13-10-17)11-8-14-6-7-14/h1-5,14H,6-13H2,(H,19,20). The van der Waals surface area contributed by atoms with Gasteiger partial charge in [-0.2, -0.15) is 0 Å². The molecule has 20 heavy (non-hydrogen) atoms. The number of likely N-dealkylation sites (tertiary alicyclic amines) is 1. The molecule has 0 unspecified atom stereocenters. The van der Waals surface area contributed by atoms with Gasteiger partial charge >= 0.3 is 5.97 Å². The summed E-state index contributed by atoms with van der Waals surface area (Å²) in [5.74, 6) is 0.292. The molecule has 1 aromatic rings. The van der Waals surface area contributed by atoms with Gasteiger partial charge < -0.3 is 10.0 Å². The molecule has 0 bridgehead atoms. The third-order valence-corrected chi connectivity index (χ3v) is 5.00. The maximum absolute atomic E-state index is 11.8. The van der Waals surface area contributed by atoms with E-state index >= 15 is 0 Å². The van der Waals surface area contributed by atoms with Crippen LogP contribution in [0.1, 0.15) is 37.7 Å². The maximum atomic E-state index is 11.8. The molecule has 2 aliphatic rings. The van der Waals surface area contributed by atoms with Gasteiger partial charge in [0.2, 0.25) is 0 Å². The first kappa shape index (κ1) is 13.6. The Bertz CT molecular complexity index is 459. The lowest BCUT2D eigenvalue weighted by molar-refractivity contribution is -0.146. The van der Waals surface area contributed by atoms with E-state index in [2.05, 4.69) is 4.90 Å². The predicted molar refractivity (Wildman–Crippen MR) is 78.8 cm³/mol. The number of benzene rings is 1. The first-order chi connectivity index (χ1) is 9.71. The SMILES string of the molecule is O=C(O)C1(c2ccccc2)CCN(CCC2CC2)CC1. The highest BCUT2D eigenvalue weighted by atomic mass is 16.4. The molecule has 1 saturated carbocycles. The van der Waals surface area contributed by atoms with E-state index in [0.29, 0.717) is 0 Å². The number of aliphatic carboxylic acids is 1. The summed E-state index contributed by atoms with van der Waals surface area (Å²) in [5.41, 5.74) is 0.298. The van der Waals surface area contributed by atoms with Crippen molar-refractivity contribution in [1.29, 1.82) is 0 Å². The molecule has 1 heterocycles. The third kappa shape index (κ3) is 2.73. The molecule has 1 aliphatic carbocycles. The lowest BCUT2D eigenvalue weighted by atomic mass is 9.73. The smallest absolute Gasteiger partial charge is 0.314 e. The number of piperidine rings is 1. The molecule has 0 amide bonds. The summed E-state index contributed by atoms with van der Waals surface area (Å²) >= 11 is 0. The van der Waals surface area contributed by atoms with Crippen LogP contribution in [0.15, 0.2) is 30.3 Å². The summed E-state index contributed by atoms with van der Waals surface area (Å²) in [4.78, 5) is 14.3. The molecule has 3 nitrogen and oxygen atoms in total. The Balaban J connectivity index is 1.66. The largest absolute Gasteiger partial charge is 0.481 e. The predicted octanol–water partition coefficient (Wildman–Crippen LogP) is 2.90. The van der Waals surface area contributed by atoms with Gasteiger partial charge in [-0.15, -0.1) is 0 Å². The molecule has 0 aromatic heterocycles. The summed E-state index contributed by atoms with van der Waals surface area (Å²) in [5, 5.41) is 9.74. The van der Waals surface area contributed by atoms with Gasteiger partial charge in [0.05, 0.1) is 5.41 Å². The van der Waals surface area contributed by atoms with Crippen LogP contribution in [-0.4, -0.2) is 35.6 Å². The van der Waals surface area contributed by atoms with Crippen LogP contribution in [-0.2, 0) is 10.2 Å². The van der Waals surface area contributed by atoms with E-state index in [1.807, 2.05) is 30.3 Å². The van der Waals surface area contributed by atoms with Crippen molar-refractivity contribution in [2.24, 2.45) is 5.92 Å². The average molecular weight is 273 g/mol. The summed E-state index contributed by atoms with van der Waals surface area (Å²) < 4.78 is 0. The van der Waals surface area contributed by atoms with Crippen molar-refractivity contribution in [2.75, 3.05) is 19.6 Å². The second-order valence-corrected chi connectivity index (χ2v) is 6.33. The fourth-order valence-corrected chi connectivity index (χ4v) is 3.31. The second kappa shape index (κ2) is 5.57. The molecular weight excluding hydrogens is 250 g/mol. The van der Waals surface area contributed by atoms with Crippen molar-refractivity contribution < 1.29 is 9.90 Å². The minimum atomic E-state index is -0.669. The number of carboxylic acids is 1. The molecule has 1 saturated heterocycles. The Morgan fingerprint density at radius 3 is 2.40 bits per heavy atom. The molecule has 1 aromatic carbocycles. The van der Waals surface area contributed by atoms with Crippen LogP contribution in [0.2, 0.25) is 0 Å². The topological polar surface area (TPSA) is 40.5 Å². The van der Waals surface area contributed by atoms with Crippen LogP contribution in [0, 0.1) is 5.92 Å². The highest BCUT2D eigenvalue weighted by Crippen LogP contribution is 2.37. The number of hydrogen-bond donors (Lipinski definition) is 1. The Morgan fingerprint density at radius 2 is 1.85 bits per heavy atom. The Kier molecular flexibility index (Phi) is 3.79. The fraction of sp³-hybridized carbons (Fsp3) is 0.588. The van der Waals surface area contributed by atoms with Gasteiger partial charge in [0.15, 0.2) is 0 Å². The fourth-order valence-electron chi connectivity index (χ4n) is 3.31. The quantitative estimate of drug-likeness (QED) is 0.896. The molecule has 0 atom stereocenters. The summed E-state index contributed by atoms with van der Waals surface area (Å²) in [6.45, 7) is 2.97. The molecule has 2 fully saturated rings. The highest BCUT2D eigenvalue weighted by Gasteiger charge is 2.42. The molecule has 0 spiro atoms. The van der Waals surface area contributed by atoms with Gasteiger partial charge in [-0.3, -0.25) is 4.79 Å². The second-order valence-electron chi connectivity index (χ2n) is 6.33. The van der Waals surface area contributed by atoms with E-state index < -0.39 is 11.4 Å².